The Morgan fingerprint density at radius 3 is 2.86 bits per heavy atom. The summed E-state index contributed by atoms with van der Waals surface area (Å²) in [4.78, 5) is 0. The number of rotatable bonds is 2. The largest absolute Gasteiger partial charge is 0.330 e. The van der Waals surface area contributed by atoms with Gasteiger partial charge in [-0.1, -0.05) is 25.7 Å². The molecule has 1 heterocycles. The summed E-state index contributed by atoms with van der Waals surface area (Å²) in [6.45, 7) is 4.86. The fourth-order valence-electron chi connectivity index (χ4n) is 1.26. The predicted octanol–water partition coefficient (Wildman–Crippen LogP) is 1.24. The highest BCUT2D eigenvalue weighted by Crippen LogP contribution is 2.15. The maximum absolute atomic E-state index is 5.37. The Balaban J connectivity index is 2.91. The molecule has 1 aromatic heterocycles. The first kappa shape index (κ1) is 10.8. The molecular formula is C11H17N3. The first-order valence-electron chi connectivity index (χ1n) is 4.87. The van der Waals surface area contributed by atoms with Crippen molar-refractivity contribution in [2.75, 3.05) is 6.54 Å². The highest BCUT2D eigenvalue weighted by atomic mass is 15.3. The molecule has 0 bridgehead atoms. The fourth-order valence-corrected chi connectivity index (χ4v) is 1.26. The minimum absolute atomic E-state index is 0.415. The van der Waals surface area contributed by atoms with E-state index in [4.69, 9.17) is 5.73 Å². The molecular weight excluding hydrogens is 174 g/mol. The van der Waals surface area contributed by atoms with E-state index >= 15 is 0 Å². The van der Waals surface area contributed by atoms with Gasteiger partial charge in [-0.2, -0.15) is 5.10 Å². The third-order valence-corrected chi connectivity index (χ3v) is 1.90. The summed E-state index contributed by atoms with van der Waals surface area (Å²) in [6.07, 6.45) is 2.70. The van der Waals surface area contributed by atoms with Crippen LogP contribution in [0.25, 0.3) is 0 Å². The molecule has 3 nitrogen and oxygen atoms in total. The molecule has 0 unspecified atom stereocenters. The molecule has 14 heavy (non-hydrogen) atoms. The highest BCUT2D eigenvalue weighted by Gasteiger charge is 2.08. The van der Waals surface area contributed by atoms with E-state index in [9.17, 15) is 0 Å². The minimum Gasteiger partial charge on any atom is -0.330 e. The van der Waals surface area contributed by atoms with E-state index in [0.717, 1.165) is 17.7 Å². The lowest BCUT2D eigenvalue weighted by Gasteiger charge is -1.98. The lowest BCUT2D eigenvalue weighted by molar-refractivity contribution is 0.713. The van der Waals surface area contributed by atoms with Gasteiger partial charge < -0.3 is 5.73 Å². The van der Waals surface area contributed by atoms with Crippen LogP contribution in [0.4, 0.5) is 0 Å². The van der Waals surface area contributed by atoms with Crippen molar-refractivity contribution in [1.82, 2.24) is 9.78 Å². The quantitative estimate of drug-likeness (QED) is 0.715. The molecule has 3 heteroatoms. The molecule has 0 saturated carbocycles. The Labute approximate surface area is 85.3 Å². The Bertz CT molecular complexity index is 352. The van der Waals surface area contributed by atoms with Crippen LogP contribution in [0.5, 0.6) is 0 Å². The summed E-state index contributed by atoms with van der Waals surface area (Å²) < 4.78 is 1.81. The monoisotopic (exact) mass is 191 g/mol. The van der Waals surface area contributed by atoms with Gasteiger partial charge in [-0.15, -0.1) is 0 Å². The van der Waals surface area contributed by atoms with Crippen LogP contribution < -0.4 is 5.73 Å². The second kappa shape index (κ2) is 4.83. The normalized spacial score (nSPS) is 10.1. The molecule has 0 aliphatic carbocycles. The lowest BCUT2D eigenvalue weighted by atomic mass is 10.1. The summed E-state index contributed by atoms with van der Waals surface area (Å²) in [7, 11) is 1.92. The molecule has 0 amide bonds. The summed E-state index contributed by atoms with van der Waals surface area (Å²) in [6, 6.07) is 0. The van der Waals surface area contributed by atoms with Crippen molar-refractivity contribution >= 4 is 0 Å². The topological polar surface area (TPSA) is 43.8 Å². The van der Waals surface area contributed by atoms with Gasteiger partial charge in [-0.25, -0.2) is 0 Å². The maximum Gasteiger partial charge on any atom is 0.0806 e. The Kier molecular flexibility index (Phi) is 3.73. The molecule has 0 aliphatic rings. The summed E-state index contributed by atoms with van der Waals surface area (Å²) in [5, 5.41) is 4.37. The zero-order valence-corrected chi connectivity index (χ0v) is 9.04. The summed E-state index contributed by atoms with van der Waals surface area (Å²) in [5.41, 5.74) is 7.46. The van der Waals surface area contributed by atoms with Gasteiger partial charge in [0.1, 0.15) is 0 Å². The van der Waals surface area contributed by atoms with Crippen LogP contribution in [0.3, 0.4) is 0 Å². The highest BCUT2D eigenvalue weighted by molar-refractivity contribution is 5.37. The van der Waals surface area contributed by atoms with Crippen molar-refractivity contribution in [1.29, 1.82) is 0 Å². The van der Waals surface area contributed by atoms with Crippen LogP contribution >= 0.6 is 0 Å². The molecule has 0 radical (unpaired) electrons. The third-order valence-electron chi connectivity index (χ3n) is 1.90. The first-order valence-corrected chi connectivity index (χ1v) is 4.87. The molecule has 1 aromatic rings. The predicted molar refractivity (Wildman–Crippen MR) is 57.8 cm³/mol. The number of aromatic nitrogens is 2. The number of hydrogen-bond acceptors (Lipinski definition) is 2. The van der Waals surface area contributed by atoms with Crippen molar-refractivity contribution in [3.05, 3.63) is 17.5 Å². The molecule has 0 fully saturated rings. The fraction of sp³-hybridized carbons (Fsp3) is 0.545. The maximum atomic E-state index is 5.37. The molecule has 0 aromatic carbocycles. The number of nitrogens with zero attached hydrogens (tertiary/aromatic N) is 2. The van der Waals surface area contributed by atoms with E-state index in [0.29, 0.717) is 12.5 Å². The zero-order valence-electron chi connectivity index (χ0n) is 9.04. The van der Waals surface area contributed by atoms with Crippen LogP contribution in [-0.2, 0) is 7.05 Å². The molecule has 0 saturated heterocycles. The summed E-state index contributed by atoms with van der Waals surface area (Å²) >= 11 is 0. The van der Waals surface area contributed by atoms with Crippen molar-refractivity contribution in [3.8, 4) is 11.8 Å². The molecule has 0 spiro atoms. The van der Waals surface area contributed by atoms with Gasteiger partial charge >= 0.3 is 0 Å². The smallest absolute Gasteiger partial charge is 0.0806 e. The molecule has 0 aliphatic heterocycles. The van der Waals surface area contributed by atoms with Crippen molar-refractivity contribution in [2.45, 2.75) is 26.2 Å². The number of hydrogen-bond donors (Lipinski definition) is 1. The van der Waals surface area contributed by atoms with Crippen LogP contribution in [0.1, 0.15) is 37.4 Å². The Hall–Kier alpha value is -1.27. The third kappa shape index (κ3) is 2.61. The zero-order chi connectivity index (χ0) is 10.6. The van der Waals surface area contributed by atoms with E-state index < -0.39 is 0 Å². The second-order valence-electron chi connectivity index (χ2n) is 3.60. The summed E-state index contributed by atoms with van der Waals surface area (Å²) in [5.74, 6) is 6.55. The van der Waals surface area contributed by atoms with Gasteiger partial charge in [0, 0.05) is 26.2 Å². The van der Waals surface area contributed by atoms with Gasteiger partial charge in [-0.05, 0) is 5.92 Å². The average molecular weight is 191 g/mol. The van der Waals surface area contributed by atoms with Crippen LogP contribution in [0.15, 0.2) is 6.20 Å². The van der Waals surface area contributed by atoms with Crippen LogP contribution in [0, 0.1) is 11.8 Å². The van der Waals surface area contributed by atoms with E-state index in [1.165, 1.54) is 0 Å². The van der Waals surface area contributed by atoms with Crippen molar-refractivity contribution in [3.63, 3.8) is 0 Å². The van der Waals surface area contributed by atoms with E-state index in [-0.39, 0.29) is 0 Å². The molecule has 76 valence electrons. The Morgan fingerprint density at radius 2 is 2.29 bits per heavy atom. The minimum atomic E-state index is 0.415. The molecule has 0 atom stereocenters. The van der Waals surface area contributed by atoms with E-state index in [2.05, 4.69) is 30.8 Å². The van der Waals surface area contributed by atoms with Crippen LogP contribution in [-0.4, -0.2) is 16.3 Å². The van der Waals surface area contributed by atoms with E-state index in [1.807, 2.05) is 17.9 Å². The van der Waals surface area contributed by atoms with Gasteiger partial charge in [0.15, 0.2) is 0 Å². The molecule has 1 rings (SSSR count). The van der Waals surface area contributed by atoms with Crippen molar-refractivity contribution < 1.29 is 0 Å². The molecule has 2 N–H and O–H groups in total. The van der Waals surface area contributed by atoms with Gasteiger partial charge in [0.05, 0.1) is 11.3 Å². The van der Waals surface area contributed by atoms with Crippen LogP contribution in [0.2, 0.25) is 0 Å². The van der Waals surface area contributed by atoms with Gasteiger partial charge in [0.25, 0.3) is 0 Å². The van der Waals surface area contributed by atoms with Gasteiger partial charge in [-0.3, -0.25) is 4.68 Å². The number of aryl methyl sites for hydroxylation is 1. The standard InChI is InChI=1S/C11H17N3/c1-9(2)11-10(6-4-5-7-12)8-14(3)13-11/h8-9H,5,7,12H2,1-3H3. The van der Waals surface area contributed by atoms with E-state index in [1.54, 1.807) is 0 Å². The first-order chi connectivity index (χ1) is 6.65. The number of nitrogens with two attached hydrogens (primary N) is 1. The Morgan fingerprint density at radius 1 is 1.57 bits per heavy atom. The second-order valence-corrected chi connectivity index (χ2v) is 3.60. The average Bonchev–Trinajstić information content (AvgIpc) is 2.47. The van der Waals surface area contributed by atoms with Crippen molar-refractivity contribution in [2.24, 2.45) is 12.8 Å². The SMILES string of the molecule is CC(C)c1nn(C)cc1C#CCCN. The van der Waals surface area contributed by atoms with Gasteiger partial charge in [0.2, 0.25) is 0 Å². The lowest BCUT2D eigenvalue weighted by Crippen LogP contribution is -1.96.